The molecule has 0 saturated heterocycles. The lowest BCUT2D eigenvalue weighted by Crippen LogP contribution is -2.35. The van der Waals surface area contributed by atoms with Crippen molar-refractivity contribution in [1.29, 1.82) is 0 Å². The predicted octanol–water partition coefficient (Wildman–Crippen LogP) is 3.51. The van der Waals surface area contributed by atoms with E-state index in [-0.39, 0.29) is 24.0 Å². The van der Waals surface area contributed by atoms with Crippen LogP contribution in [0.1, 0.15) is 37.9 Å². The van der Waals surface area contributed by atoms with Crippen molar-refractivity contribution in [3.8, 4) is 5.75 Å². The van der Waals surface area contributed by atoms with Crippen LogP contribution in [0.4, 0.5) is 0 Å². The van der Waals surface area contributed by atoms with Crippen molar-refractivity contribution in [2.24, 2.45) is 0 Å². The Labute approximate surface area is 165 Å². The van der Waals surface area contributed by atoms with Crippen molar-refractivity contribution >= 4 is 5.91 Å². The zero-order valence-electron chi connectivity index (χ0n) is 16.5. The predicted molar refractivity (Wildman–Crippen MR) is 108 cm³/mol. The van der Waals surface area contributed by atoms with Crippen molar-refractivity contribution in [1.82, 2.24) is 20.1 Å². The first-order valence-electron chi connectivity index (χ1n) is 9.32. The van der Waals surface area contributed by atoms with Gasteiger partial charge < -0.3 is 10.1 Å². The van der Waals surface area contributed by atoms with E-state index in [1.165, 1.54) is 11.9 Å². The fourth-order valence-electron chi connectivity index (χ4n) is 2.87. The minimum Gasteiger partial charge on any atom is -0.484 e. The van der Waals surface area contributed by atoms with Crippen LogP contribution >= 0.6 is 0 Å². The van der Waals surface area contributed by atoms with Crippen molar-refractivity contribution in [3.63, 3.8) is 0 Å². The van der Waals surface area contributed by atoms with Crippen LogP contribution in [-0.2, 0) is 16.8 Å². The molecule has 1 atom stereocenters. The van der Waals surface area contributed by atoms with Gasteiger partial charge in [0, 0.05) is 0 Å². The van der Waals surface area contributed by atoms with Crippen molar-refractivity contribution < 1.29 is 9.53 Å². The summed E-state index contributed by atoms with van der Waals surface area (Å²) in [5, 5.41) is 7.16. The van der Waals surface area contributed by atoms with Gasteiger partial charge >= 0.3 is 0 Å². The monoisotopic (exact) mass is 378 g/mol. The molecular weight excluding hydrogens is 352 g/mol. The molecule has 6 nitrogen and oxygen atoms in total. The minimum atomic E-state index is -0.220. The number of carbonyl (C=O) groups is 1. The fourth-order valence-corrected chi connectivity index (χ4v) is 2.87. The molecule has 0 fully saturated rings. The van der Waals surface area contributed by atoms with Gasteiger partial charge in [-0.3, -0.25) is 9.48 Å². The second-order valence-corrected chi connectivity index (χ2v) is 7.71. The van der Waals surface area contributed by atoms with Gasteiger partial charge in [-0.1, -0.05) is 63.2 Å². The fraction of sp³-hybridized carbons (Fsp3) is 0.318. The lowest BCUT2D eigenvalue weighted by Gasteiger charge is -2.20. The van der Waals surface area contributed by atoms with Gasteiger partial charge in [0.15, 0.2) is 6.61 Å². The van der Waals surface area contributed by atoms with Gasteiger partial charge in [-0.2, -0.15) is 5.10 Å². The lowest BCUT2D eigenvalue weighted by molar-refractivity contribution is -0.124. The molecule has 0 saturated carbocycles. The summed E-state index contributed by atoms with van der Waals surface area (Å²) >= 11 is 0. The molecule has 2 aromatic carbocycles. The molecule has 0 bridgehead atoms. The molecule has 0 aliphatic carbocycles. The number of hydrogen-bond acceptors (Lipinski definition) is 4. The zero-order valence-corrected chi connectivity index (χ0v) is 16.5. The Morgan fingerprint density at radius 2 is 1.82 bits per heavy atom. The number of hydrogen-bond donors (Lipinski definition) is 1. The van der Waals surface area contributed by atoms with E-state index in [9.17, 15) is 4.79 Å². The highest BCUT2D eigenvalue weighted by molar-refractivity contribution is 5.78. The quantitative estimate of drug-likeness (QED) is 0.683. The molecule has 6 heteroatoms. The summed E-state index contributed by atoms with van der Waals surface area (Å²) in [6.45, 7) is 6.94. The molecule has 0 radical (unpaired) electrons. The lowest BCUT2D eigenvalue weighted by atomic mass is 9.87. The summed E-state index contributed by atoms with van der Waals surface area (Å²) in [7, 11) is 0. The van der Waals surface area contributed by atoms with Gasteiger partial charge in [-0.05, 0) is 28.7 Å². The summed E-state index contributed by atoms with van der Waals surface area (Å²) in [4.78, 5) is 16.4. The first-order valence-corrected chi connectivity index (χ1v) is 9.32. The Morgan fingerprint density at radius 1 is 1.11 bits per heavy atom. The second kappa shape index (κ2) is 8.69. The minimum absolute atomic E-state index is 0.0461. The molecule has 1 N–H and O–H groups in total. The number of nitrogens with zero attached hydrogens (tertiary/aromatic N) is 3. The smallest absolute Gasteiger partial charge is 0.258 e. The molecule has 0 spiro atoms. The van der Waals surface area contributed by atoms with Crippen molar-refractivity contribution in [3.05, 3.63) is 78.4 Å². The Balaban J connectivity index is 1.60. The SMILES string of the molecule is CC(C)(C)c1ccc(OCC(=O)NC(Cn2cncn2)c2ccccc2)cc1. The normalized spacial score (nSPS) is 12.4. The van der Waals surface area contributed by atoms with Gasteiger partial charge in [0.25, 0.3) is 5.91 Å². The zero-order chi connectivity index (χ0) is 20.0. The van der Waals surface area contributed by atoms with Crippen LogP contribution in [0, 0.1) is 0 Å². The second-order valence-electron chi connectivity index (χ2n) is 7.71. The van der Waals surface area contributed by atoms with E-state index in [0.717, 1.165) is 5.56 Å². The highest BCUT2D eigenvalue weighted by Crippen LogP contribution is 2.24. The Morgan fingerprint density at radius 3 is 2.43 bits per heavy atom. The Bertz CT molecular complexity index is 869. The Kier molecular flexibility index (Phi) is 6.09. The van der Waals surface area contributed by atoms with E-state index < -0.39 is 0 Å². The third-order valence-electron chi connectivity index (χ3n) is 4.46. The van der Waals surface area contributed by atoms with Crippen LogP contribution in [-0.4, -0.2) is 27.3 Å². The first kappa shape index (κ1) is 19.6. The first-order chi connectivity index (χ1) is 13.4. The number of ether oxygens (including phenoxy) is 1. The third-order valence-corrected chi connectivity index (χ3v) is 4.46. The summed E-state index contributed by atoms with van der Waals surface area (Å²) in [6, 6.07) is 17.4. The van der Waals surface area contributed by atoms with Crippen LogP contribution in [0.5, 0.6) is 5.75 Å². The maximum absolute atomic E-state index is 12.5. The van der Waals surface area contributed by atoms with Gasteiger partial charge in [0.2, 0.25) is 0 Å². The molecule has 1 unspecified atom stereocenters. The summed E-state index contributed by atoms with van der Waals surface area (Å²) in [5.41, 5.74) is 2.31. The number of nitrogens with one attached hydrogen (secondary N) is 1. The number of aromatic nitrogens is 3. The van der Waals surface area contributed by atoms with Gasteiger partial charge in [0.1, 0.15) is 18.4 Å². The van der Waals surface area contributed by atoms with Gasteiger partial charge in [0.05, 0.1) is 12.6 Å². The molecule has 0 aliphatic rings. The van der Waals surface area contributed by atoms with Crippen molar-refractivity contribution in [2.75, 3.05) is 6.61 Å². The van der Waals surface area contributed by atoms with E-state index in [0.29, 0.717) is 12.3 Å². The molecular formula is C22H26N4O2. The van der Waals surface area contributed by atoms with E-state index in [2.05, 4.69) is 36.2 Å². The molecule has 1 aromatic heterocycles. The van der Waals surface area contributed by atoms with Crippen LogP contribution in [0.15, 0.2) is 67.3 Å². The van der Waals surface area contributed by atoms with E-state index in [1.54, 1.807) is 11.0 Å². The van der Waals surface area contributed by atoms with Crippen LogP contribution in [0.25, 0.3) is 0 Å². The highest BCUT2D eigenvalue weighted by atomic mass is 16.5. The molecule has 0 aliphatic heterocycles. The molecule has 1 heterocycles. The third kappa shape index (κ3) is 5.42. The maximum atomic E-state index is 12.5. The number of carbonyl (C=O) groups excluding carboxylic acids is 1. The number of amides is 1. The summed E-state index contributed by atoms with van der Waals surface area (Å²) in [6.07, 6.45) is 3.11. The van der Waals surface area contributed by atoms with Gasteiger partial charge in [-0.15, -0.1) is 0 Å². The topological polar surface area (TPSA) is 69.0 Å². The van der Waals surface area contributed by atoms with E-state index in [4.69, 9.17) is 4.74 Å². The Hall–Kier alpha value is -3.15. The average Bonchev–Trinajstić information content (AvgIpc) is 3.19. The molecule has 3 aromatic rings. The maximum Gasteiger partial charge on any atom is 0.258 e. The molecule has 146 valence electrons. The molecule has 3 rings (SSSR count). The highest BCUT2D eigenvalue weighted by Gasteiger charge is 2.17. The van der Waals surface area contributed by atoms with Crippen LogP contribution in [0.2, 0.25) is 0 Å². The van der Waals surface area contributed by atoms with Crippen LogP contribution < -0.4 is 10.1 Å². The average molecular weight is 378 g/mol. The van der Waals surface area contributed by atoms with Gasteiger partial charge in [-0.25, -0.2) is 4.98 Å². The largest absolute Gasteiger partial charge is 0.484 e. The number of benzene rings is 2. The standard InChI is InChI=1S/C22H26N4O2/c1-22(2,3)18-9-11-19(12-10-18)28-14-21(27)25-20(13-26-16-23-15-24-26)17-7-5-4-6-8-17/h4-12,15-16,20H,13-14H2,1-3H3,(H,25,27). The van der Waals surface area contributed by atoms with E-state index in [1.807, 2.05) is 54.6 Å². The van der Waals surface area contributed by atoms with E-state index >= 15 is 0 Å². The summed E-state index contributed by atoms with van der Waals surface area (Å²) in [5.74, 6) is 0.490. The summed E-state index contributed by atoms with van der Waals surface area (Å²) < 4.78 is 7.36. The molecule has 28 heavy (non-hydrogen) atoms. The van der Waals surface area contributed by atoms with Crippen molar-refractivity contribution in [2.45, 2.75) is 38.8 Å². The molecule has 1 amide bonds. The van der Waals surface area contributed by atoms with Crippen LogP contribution in [0.3, 0.4) is 0 Å². The number of rotatable bonds is 7.